The van der Waals surface area contributed by atoms with E-state index in [9.17, 15) is 4.79 Å². The molecule has 2 N–H and O–H groups in total. The van der Waals surface area contributed by atoms with Crippen LogP contribution in [0.2, 0.25) is 0 Å². The van der Waals surface area contributed by atoms with E-state index in [1.165, 1.54) is 12.8 Å². The van der Waals surface area contributed by atoms with Gasteiger partial charge in [-0.1, -0.05) is 30.3 Å². The largest absolute Gasteiger partial charge is 0.373 e. The summed E-state index contributed by atoms with van der Waals surface area (Å²) in [7, 11) is 0. The summed E-state index contributed by atoms with van der Waals surface area (Å²) in [6, 6.07) is 10.00. The number of benzene rings is 1. The molecule has 2 aromatic rings. The second-order valence-corrected chi connectivity index (χ2v) is 6.69. The minimum atomic E-state index is -0.221. The number of amides is 2. The average molecular weight is 338 g/mol. The Morgan fingerprint density at radius 3 is 2.56 bits per heavy atom. The topological polar surface area (TPSA) is 76.1 Å². The van der Waals surface area contributed by atoms with Gasteiger partial charge in [0.15, 0.2) is 0 Å². The first-order valence-corrected chi connectivity index (χ1v) is 8.84. The normalized spacial score (nSPS) is 23.0. The summed E-state index contributed by atoms with van der Waals surface area (Å²) in [5.74, 6) is 1.39. The third kappa shape index (κ3) is 4.14. The zero-order chi connectivity index (χ0) is 17.1. The van der Waals surface area contributed by atoms with Crippen LogP contribution in [0, 0.1) is 0 Å². The predicted molar refractivity (Wildman–Crippen MR) is 94.3 cm³/mol. The molecule has 2 heterocycles. The first kappa shape index (κ1) is 16.0. The van der Waals surface area contributed by atoms with E-state index in [1.54, 1.807) is 12.4 Å². The number of carbonyl (C=O) groups is 1. The molecule has 2 aliphatic rings. The summed E-state index contributed by atoms with van der Waals surface area (Å²) >= 11 is 0. The van der Waals surface area contributed by atoms with Gasteiger partial charge >= 0.3 is 6.03 Å². The second-order valence-electron chi connectivity index (χ2n) is 6.69. The number of anilines is 1. The van der Waals surface area contributed by atoms with Crippen LogP contribution in [0.25, 0.3) is 0 Å². The molecule has 2 amide bonds. The van der Waals surface area contributed by atoms with Crippen LogP contribution < -0.4 is 10.6 Å². The molecule has 1 saturated carbocycles. The summed E-state index contributed by atoms with van der Waals surface area (Å²) < 4.78 is 5.84. The lowest BCUT2D eigenvalue weighted by Gasteiger charge is -2.30. The van der Waals surface area contributed by atoms with E-state index in [-0.39, 0.29) is 18.2 Å². The van der Waals surface area contributed by atoms with E-state index in [2.05, 4.69) is 32.7 Å². The molecule has 6 nitrogen and oxygen atoms in total. The van der Waals surface area contributed by atoms with Crippen LogP contribution in [0.3, 0.4) is 0 Å². The van der Waals surface area contributed by atoms with E-state index in [0.717, 1.165) is 24.2 Å². The predicted octanol–water partition coefficient (Wildman–Crippen LogP) is 3.40. The minimum absolute atomic E-state index is 0.0291. The van der Waals surface area contributed by atoms with Gasteiger partial charge in [0.2, 0.25) is 0 Å². The lowest BCUT2D eigenvalue weighted by atomic mass is 9.97. The molecule has 0 spiro atoms. The average Bonchev–Trinajstić information content (AvgIpc) is 3.48. The number of nitrogens with one attached hydrogen (secondary N) is 2. The van der Waals surface area contributed by atoms with Crippen molar-refractivity contribution in [2.75, 3.05) is 11.9 Å². The SMILES string of the molecule is O=C(Nc1cnc(C2CC2)nc1)NC1CCOC(c2ccccc2)C1. The summed E-state index contributed by atoms with van der Waals surface area (Å²) in [6.07, 6.45) is 7.30. The Balaban J connectivity index is 1.31. The number of aromatic nitrogens is 2. The van der Waals surface area contributed by atoms with Gasteiger partial charge in [-0.15, -0.1) is 0 Å². The van der Waals surface area contributed by atoms with Gasteiger partial charge in [0, 0.05) is 18.6 Å². The molecular formula is C19H22N4O2. The maximum Gasteiger partial charge on any atom is 0.319 e. The molecule has 2 atom stereocenters. The van der Waals surface area contributed by atoms with Crippen molar-refractivity contribution in [1.29, 1.82) is 0 Å². The summed E-state index contributed by atoms with van der Waals surface area (Å²) in [4.78, 5) is 20.9. The summed E-state index contributed by atoms with van der Waals surface area (Å²) in [5.41, 5.74) is 1.77. The van der Waals surface area contributed by atoms with E-state index in [4.69, 9.17) is 4.74 Å². The highest BCUT2D eigenvalue weighted by atomic mass is 16.5. The van der Waals surface area contributed by atoms with E-state index >= 15 is 0 Å². The zero-order valence-electron chi connectivity index (χ0n) is 14.0. The van der Waals surface area contributed by atoms with Crippen molar-refractivity contribution < 1.29 is 9.53 Å². The van der Waals surface area contributed by atoms with Gasteiger partial charge < -0.3 is 15.4 Å². The molecule has 2 fully saturated rings. The molecule has 25 heavy (non-hydrogen) atoms. The Bertz CT molecular complexity index is 716. The van der Waals surface area contributed by atoms with Crippen molar-refractivity contribution >= 4 is 11.7 Å². The van der Waals surface area contributed by atoms with Gasteiger partial charge in [0.25, 0.3) is 0 Å². The maximum absolute atomic E-state index is 12.2. The van der Waals surface area contributed by atoms with Crippen molar-refractivity contribution in [2.24, 2.45) is 0 Å². The van der Waals surface area contributed by atoms with Gasteiger partial charge in [0.1, 0.15) is 5.82 Å². The lowest BCUT2D eigenvalue weighted by molar-refractivity contribution is 0.00254. The Morgan fingerprint density at radius 1 is 1.08 bits per heavy atom. The van der Waals surface area contributed by atoms with Gasteiger partial charge in [-0.2, -0.15) is 0 Å². The second kappa shape index (κ2) is 7.19. The standard InChI is InChI=1S/C19H22N4O2/c24-19(23-16-11-20-18(21-12-16)14-6-7-14)22-15-8-9-25-17(10-15)13-4-2-1-3-5-13/h1-5,11-12,14-15,17H,6-10H2,(H2,22,23,24). The van der Waals surface area contributed by atoms with Crippen LogP contribution in [-0.4, -0.2) is 28.6 Å². The Hall–Kier alpha value is -2.47. The molecule has 130 valence electrons. The third-order valence-corrected chi connectivity index (χ3v) is 4.66. The van der Waals surface area contributed by atoms with Crippen molar-refractivity contribution in [3.8, 4) is 0 Å². The van der Waals surface area contributed by atoms with E-state index < -0.39 is 0 Å². The number of ether oxygens (including phenoxy) is 1. The highest BCUT2D eigenvalue weighted by Gasteiger charge is 2.27. The van der Waals surface area contributed by atoms with Crippen LogP contribution in [0.4, 0.5) is 10.5 Å². The quantitative estimate of drug-likeness (QED) is 0.896. The van der Waals surface area contributed by atoms with Gasteiger partial charge in [-0.25, -0.2) is 14.8 Å². The number of hydrogen-bond donors (Lipinski definition) is 2. The molecule has 4 rings (SSSR count). The summed E-state index contributed by atoms with van der Waals surface area (Å²) in [5, 5.41) is 5.85. The number of rotatable bonds is 4. The molecule has 0 bridgehead atoms. The van der Waals surface area contributed by atoms with Gasteiger partial charge in [-0.05, 0) is 31.2 Å². The molecule has 1 aliphatic heterocycles. The zero-order valence-corrected chi connectivity index (χ0v) is 14.0. The van der Waals surface area contributed by atoms with Crippen molar-refractivity contribution in [3.05, 3.63) is 54.1 Å². The van der Waals surface area contributed by atoms with Gasteiger partial charge in [0.05, 0.1) is 24.2 Å². The van der Waals surface area contributed by atoms with Crippen LogP contribution in [0.5, 0.6) is 0 Å². The minimum Gasteiger partial charge on any atom is -0.373 e. The third-order valence-electron chi connectivity index (χ3n) is 4.66. The number of carbonyl (C=O) groups excluding carboxylic acids is 1. The van der Waals surface area contributed by atoms with Crippen LogP contribution in [0.1, 0.15) is 49.1 Å². The monoisotopic (exact) mass is 338 g/mol. The number of nitrogens with zero attached hydrogens (tertiary/aromatic N) is 2. The first-order valence-electron chi connectivity index (χ1n) is 8.84. The molecule has 1 aromatic heterocycles. The molecular weight excluding hydrogens is 316 g/mol. The van der Waals surface area contributed by atoms with Crippen LogP contribution >= 0.6 is 0 Å². The fourth-order valence-corrected chi connectivity index (χ4v) is 3.14. The Morgan fingerprint density at radius 2 is 1.84 bits per heavy atom. The number of hydrogen-bond acceptors (Lipinski definition) is 4. The van der Waals surface area contributed by atoms with E-state index in [0.29, 0.717) is 18.2 Å². The summed E-state index contributed by atoms with van der Waals surface area (Å²) in [6.45, 7) is 0.643. The highest BCUT2D eigenvalue weighted by Crippen LogP contribution is 2.37. The Labute approximate surface area is 147 Å². The van der Waals surface area contributed by atoms with Crippen molar-refractivity contribution in [2.45, 2.75) is 43.7 Å². The molecule has 2 unspecified atom stereocenters. The van der Waals surface area contributed by atoms with Crippen LogP contribution in [-0.2, 0) is 4.74 Å². The van der Waals surface area contributed by atoms with Gasteiger partial charge in [-0.3, -0.25) is 0 Å². The molecule has 0 radical (unpaired) electrons. The molecule has 6 heteroatoms. The van der Waals surface area contributed by atoms with Crippen molar-refractivity contribution in [3.63, 3.8) is 0 Å². The smallest absolute Gasteiger partial charge is 0.319 e. The van der Waals surface area contributed by atoms with E-state index in [1.807, 2.05) is 18.2 Å². The fraction of sp³-hybridized carbons (Fsp3) is 0.421. The highest BCUT2D eigenvalue weighted by molar-refractivity contribution is 5.89. The molecule has 1 aromatic carbocycles. The lowest BCUT2D eigenvalue weighted by Crippen LogP contribution is -2.42. The number of urea groups is 1. The maximum atomic E-state index is 12.2. The van der Waals surface area contributed by atoms with Crippen molar-refractivity contribution in [1.82, 2.24) is 15.3 Å². The molecule has 1 saturated heterocycles. The fourth-order valence-electron chi connectivity index (χ4n) is 3.14. The van der Waals surface area contributed by atoms with Crippen LogP contribution in [0.15, 0.2) is 42.7 Å². The molecule has 1 aliphatic carbocycles. The first-order chi connectivity index (χ1) is 12.3. The Kier molecular flexibility index (Phi) is 4.61.